The lowest BCUT2D eigenvalue weighted by Crippen LogP contribution is -2.28. The van der Waals surface area contributed by atoms with Crippen LogP contribution in [0.4, 0.5) is 13.2 Å². The molecular formula is C25H22F3NO4S. The van der Waals surface area contributed by atoms with E-state index in [4.69, 9.17) is 9.84 Å². The molecule has 1 aliphatic heterocycles. The number of hydrogen-bond acceptors (Lipinski definition) is 4. The number of aromatic carboxylic acids is 1. The van der Waals surface area contributed by atoms with Crippen LogP contribution in [0.25, 0.3) is 0 Å². The summed E-state index contributed by atoms with van der Waals surface area (Å²) in [5, 5.41) is 12.0. The Morgan fingerprint density at radius 2 is 1.91 bits per heavy atom. The van der Waals surface area contributed by atoms with Gasteiger partial charge in [0.05, 0.1) is 35.9 Å². The molecule has 5 nitrogen and oxygen atoms in total. The van der Waals surface area contributed by atoms with Crippen LogP contribution < -0.4 is 5.32 Å². The number of fused-ring (bicyclic) bond motifs is 1. The summed E-state index contributed by atoms with van der Waals surface area (Å²) in [7, 11) is 0. The van der Waals surface area contributed by atoms with Crippen molar-refractivity contribution < 1.29 is 32.6 Å². The number of ether oxygens (including phenoxy) is 1. The van der Waals surface area contributed by atoms with Crippen molar-refractivity contribution in [1.29, 1.82) is 0 Å². The van der Waals surface area contributed by atoms with E-state index in [2.05, 4.69) is 5.32 Å². The van der Waals surface area contributed by atoms with Gasteiger partial charge in [0.25, 0.3) is 5.91 Å². The van der Waals surface area contributed by atoms with Gasteiger partial charge in [-0.3, -0.25) is 4.79 Å². The van der Waals surface area contributed by atoms with Crippen molar-refractivity contribution in [2.45, 2.75) is 38.6 Å². The standard InChI is InChI=1S/C25H22F3NO4S/c1-14(16-5-7-17(8-6-16)24(31)32)29-23(30)22-19-9-10-33-13-21(19)34-20(22)12-15-3-2-4-18(11-15)25(26,27)28/h2-8,11,14H,9-10,12-13H2,1H3,(H,29,30)(H,31,32)/t14-/m1/s1. The van der Waals surface area contributed by atoms with Crippen LogP contribution in [0, 0.1) is 0 Å². The van der Waals surface area contributed by atoms with E-state index in [1.165, 1.54) is 29.5 Å². The minimum atomic E-state index is -4.44. The van der Waals surface area contributed by atoms with Gasteiger partial charge in [-0.1, -0.05) is 30.3 Å². The van der Waals surface area contributed by atoms with E-state index in [1.54, 1.807) is 25.1 Å². The summed E-state index contributed by atoms with van der Waals surface area (Å²) in [6.07, 6.45) is -3.69. The van der Waals surface area contributed by atoms with Gasteiger partial charge in [-0.25, -0.2) is 4.79 Å². The van der Waals surface area contributed by atoms with Crippen LogP contribution in [0.3, 0.4) is 0 Å². The summed E-state index contributed by atoms with van der Waals surface area (Å²) >= 11 is 1.39. The summed E-state index contributed by atoms with van der Waals surface area (Å²) in [5.41, 5.74) is 2.02. The Bertz CT molecular complexity index is 1220. The Morgan fingerprint density at radius 1 is 1.18 bits per heavy atom. The first-order chi connectivity index (χ1) is 16.1. The summed E-state index contributed by atoms with van der Waals surface area (Å²) in [6, 6.07) is 11.0. The highest BCUT2D eigenvalue weighted by Crippen LogP contribution is 2.35. The molecule has 0 saturated carbocycles. The molecule has 2 heterocycles. The molecule has 178 valence electrons. The number of carbonyl (C=O) groups excluding carboxylic acids is 1. The van der Waals surface area contributed by atoms with Gasteiger partial charge in [0.15, 0.2) is 0 Å². The molecule has 0 aliphatic carbocycles. The zero-order chi connectivity index (χ0) is 24.5. The number of amides is 1. The van der Waals surface area contributed by atoms with Crippen molar-refractivity contribution in [2.24, 2.45) is 0 Å². The summed E-state index contributed by atoms with van der Waals surface area (Å²) in [4.78, 5) is 26.0. The van der Waals surface area contributed by atoms with Crippen LogP contribution >= 0.6 is 11.3 Å². The third-order valence-corrected chi connectivity index (χ3v) is 6.95. The average Bonchev–Trinajstić information content (AvgIpc) is 3.16. The first-order valence-corrected chi connectivity index (χ1v) is 11.5. The summed E-state index contributed by atoms with van der Waals surface area (Å²) < 4.78 is 45.0. The summed E-state index contributed by atoms with van der Waals surface area (Å²) in [6.45, 7) is 2.64. The quantitative estimate of drug-likeness (QED) is 0.471. The number of thiophene rings is 1. The van der Waals surface area contributed by atoms with E-state index < -0.39 is 23.8 Å². The number of nitrogens with one attached hydrogen (secondary N) is 1. The lowest BCUT2D eigenvalue weighted by Gasteiger charge is -2.18. The number of carboxylic acids is 1. The first kappa shape index (κ1) is 24.0. The van der Waals surface area contributed by atoms with Gasteiger partial charge in [0.1, 0.15) is 0 Å². The van der Waals surface area contributed by atoms with Crippen molar-refractivity contribution in [2.75, 3.05) is 6.61 Å². The van der Waals surface area contributed by atoms with E-state index in [-0.39, 0.29) is 17.9 Å². The molecule has 0 spiro atoms. The Hall–Kier alpha value is -3.17. The van der Waals surface area contributed by atoms with E-state index in [0.717, 1.165) is 28.1 Å². The normalized spacial score (nSPS) is 14.4. The van der Waals surface area contributed by atoms with Crippen LogP contribution in [0.15, 0.2) is 48.5 Å². The Morgan fingerprint density at radius 3 is 2.59 bits per heavy atom. The molecule has 1 aromatic heterocycles. The first-order valence-electron chi connectivity index (χ1n) is 10.6. The Kier molecular flexibility index (Phi) is 6.77. The second-order valence-electron chi connectivity index (χ2n) is 8.10. The molecule has 1 atom stereocenters. The van der Waals surface area contributed by atoms with Gasteiger partial charge < -0.3 is 15.2 Å². The molecule has 0 radical (unpaired) electrons. The molecular weight excluding hydrogens is 467 g/mol. The molecule has 1 amide bonds. The maximum atomic E-state index is 13.4. The van der Waals surface area contributed by atoms with Gasteiger partial charge in [-0.05, 0) is 48.2 Å². The van der Waals surface area contributed by atoms with Crippen LogP contribution in [0.2, 0.25) is 0 Å². The number of benzene rings is 2. The largest absolute Gasteiger partial charge is 0.478 e. The molecule has 4 rings (SSSR count). The number of rotatable bonds is 6. The van der Waals surface area contributed by atoms with Gasteiger partial charge >= 0.3 is 12.1 Å². The molecule has 0 saturated heterocycles. The van der Waals surface area contributed by atoms with Gasteiger partial charge in [-0.2, -0.15) is 13.2 Å². The Balaban J connectivity index is 1.61. The van der Waals surface area contributed by atoms with Crippen molar-refractivity contribution >= 4 is 23.2 Å². The zero-order valence-corrected chi connectivity index (χ0v) is 19.1. The molecule has 1 aliphatic rings. The SMILES string of the molecule is C[C@@H](NC(=O)c1c(Cc2cccc(C(F)(F)F)c2)sc2c1CCOC2)c1ccc(C(=O)O)cc1. The lowest BCUT2D eigenvalue weighted by atomic mass is 9.98. The van der Waals surface area contributed by atoms with Crippen molar-refractivity contribution in [3.05, 3.63) is 91.7 Å². The maximum absolute atomic E-state index is 13.4. The molecule has 0 unspecified atom stereocenters. The fraction of sp³-hybridized carbons (Fsp3) is 0.280. The fourth-order valence-electron chi connectivity index (χ4n) is 3.99. The molecule has 0 bridgehead atoms. The number of alkyl halides is 3. The summed E-state index contributed by atoms with van der Waals surface area (Å²) in [5.74, 6) is -1.34. The molecule has 0 fully saturated rings. The number of carboxylic acid groups (broad SMARTS) is 1. The van der Waals surface area contributed by atoms with E-state index >= 15 is 0 Å². The van der Waals surface area contributed by atoms with Crippen molar-refractivity contribution in [3.63, 3.8) is 0 Å². The minimum Gasteiger partial charge on any atom is -0.478 e. The number of carbonyl (C=O) groups is 2. The predicted octanol–water partition coefficient (Wildman–Crippen LogP) is 5.62. The maximum Gasteiger partial charge on any atom is 0.416 e. The number of hydrogen-bond donors (Lipinski definition) is 2. The van der Waals surface area contributed by atoms with Crippen LogP contribution in [0.5, 0.6) is 0 Å². The second-order valence-corrected chi connectivity index (χ2v) is 9.29. The smallest absolute Gasteiger partial charge is 0.416 e. The predicted molar refractivity (Wildman–Crippen MR) is 121 cm³/mol. The molecule has 3 aromatic rings. The zero-order valence-electron chi connectivity index (χ0n) is 18.2. The number of halogens is 3. The average molecular weight is 490 g/mol. The van der Waals surface area contributed by atoms with Gasteiger partial charge in [0, 0.05) is 16.2 Å². The molecule has 9 heteroatoms. The lowest BCUT2D eigenvalue weighted by molar-refractivity contribution is -0.137. The van der Waals surface area contributed by atoms with E-state index in [0.29, 0.717) is 35.6 Å². The van der Waals surface area contributed by atoms with E-state index in [1.807, 2.05) is 0 Å². The highest BCUT2D eigenvalue weighted by molar-refractivity contribution is 7.12. The van der Waals surface area contributed by atoms with Gasteiger partial charge in [-0.15, -0.1) is 11.3 Å². The molecule has 2 N–H and O–H groups in total. The Labute approximate surface area is 198 Å². The van der Waals surface area contributed by atoms with Crippen molar-refractivity contribution in [3.8, 4) is 0 Å². The van der Waals surface area contributed by atoms with Crippen molar-refractivity contribution in [1.82, 2.24) is 5.32 Å². The van der Waals surface area contributed by atoms with Crippen LogP contribution in [-0.2, 0) is 30.4 Å². The molecule has 2 aromatic carbocycles. The second kappa shape index (κ2) is 9.60. The fourth-order valence-corrected chi connectivity index (χ4v) is 5.31. The van der Waals surface area contributed by atoms with Crippen LogP contribution in [0.1, 0.15) is 65.7 Å². The van der Waals surface area contributed by atoms with Crippen LogP contribution in [-0.4, -0.2) is 23.6 Å². The third kappa shape index (κ3) is 5.15. The highest BCUT2D eigenvalue weighted by atomic mass is 32.1. The van der Waals surface area contributed by atoms with E-state index in [9.17, 15) is 22.8 Å². The topological polar surface area (TPSA) is 75.6 Å². The molecule has 34 heavy (non-hydrogen) atoms. The monoisotopic (exact) mass is 489 g/mol. The minimum absolute atomic E-state index is 0.151. The highest BCUT2D eigenvalue weighted by Gasteiger charge is 2.31. The third-order valence-electron chi connectivity index (χ3n) is 5.74. The van der Waals surface area contributed by atoms with Gasteiger partial charge in [0.2, 0.25) is 0 Å².